The van der Waals surface area contributed by atoms with Gasteiger partial charge in [0.2, 0.25) is 6.79 Å². The lowest BCUT2D eigenvalue weighted by Crippen LogP contribution is -2.38. The van der Waals surface area contributed by atoms with Gasteiger partial charge in [0, 0.05) is 10.6 Å². The van der Waals surface area contributed by atoms with Gasteiger partial charge < -0.3 is 18.9 Å². The second-order valence-corrected chi connectivity index (χ2v) is 12.4. The third-order valence-electron chi connectivity index (χ3n) is 8.39. The van der Waals surface area contributed by atoms with Crippen molar-refractivity contribution in [3.8, 4) is 23.0 Å². The summed E-state index contributed by atoms with van der Waals surface area (Å²) in [5.74, 6) is 2.60. The maximum absolute atomic E-state index is 14.1. The maximum atomic E-state index is 14.1. The first-order valence-electron chi connectivity index (χ1n) is 14.6. The number of allylic oxidation sites excluding steroid dienone is 1. The number of methoxy groups -OCH3 is 1. The molecule has 1 aliphatic carbocycles. The van der Waals surface area contributed by atoms with Crippen LogP contribution in [0.1, 0.15) is 40.3 Å². The van der Waals surface area contributed by atoms with Gasteiger partial charge in [0.25, 0.3) is 5.56 Å². The number of aromatic nitrogens is 1. The number of nitrogens with zero attached hydrogens (tertiary/aromatic N) is 2. The molecule has 1 aromatic heterocycles. The summed E-state index contributed by atoms with van der Waals surface area (Å²) in [4.78, 5) is 19.9. The van der Waals surface area contributed by atoms with Crippen LogP contribution in [0.2, 0.25) is 5.02 Å². The summed E-state index contributed by atoms with van der Waals surface area (Å²) in [6, 6.07) is 27.2. The second-order valence-electron chi connectivity index (χ2n) is 11.0. The normalized spacial score (nSPS) is 16.5. The van der Waals surface area contributed by atoms with Crippen molar-refractivity contribution in [3.63, 3.8) is 0 Å². The summed E-state index contributed by atoms with van der Waals surface area (Å²) in [5.41, 5.74) is 7.02. The Kier molecular flexibility index (Phi) is 6.96. The van der Waals surface area contributed by atoms with E-state index in [2.05, 4.69) is 18.2 Å². The van der Waals surface area contributed by atoms with Gasteiger partial charge in [0.15, 0.2) is 27.8 Å². The van der Waals surface area contributed by atoms with Crippen LogP contribution in [-0.4, -0.2) is 18.5 Å². The van der Waals surface area contributed by atoms with Gasteiger partial charge in [-0.05, 0) is 77.1 Å². The fourth-order valence-electron chi connectivity index (χ4n) is 6.23. The Labute approximate surface area is 267 Å². The number of halogens is 1. The summed E-state index contributed by atoms with van der Waals surface area (Å²) < 4.78 is 25.0. The highest BCUT2D eigenvalue weighted by Gasteiger charge is 2.33. The number of thiazole rings is 1. The molecule has 2 aliphatic heterocycles. The Hall–Kier alpha value is -4.79. The van der Waals surface area contributed by atoms with Crippen LogP contribution in [-0.2, 0) is 13.0 Å². The van der Waals surface area contributed by atoms with Crippen LogP contribution in [0.3, 0.4) is 0 Å². The van der Waals surface area contributed by atoms with Crippen molar-refractivity contribution in [2.75, 3.05) is 13.9 Å². The standard InChI is InChI=1S/C36H27ClN2O5S/c1-41-30-16-21(10-14-28(30)42-19-22-11-15-29-31(17-22)44-20-43-29)18-32-35(40)39-34(25-8-4-5-9-27(25)37)26-13-12-23-6-2-3-7-24(23)33(26)38-36(39)45-32/h2-11,14-18,34H,12-13,19-20H2,1H3/b32-18-/t34-/m0/s1. The maximum Gasteiger partial charge on any atom is 0.271 e. The minimum atomic E-state index is -0.332. The first-order chi connectivity index (χ1) is 22.1. The minimum Gasteiger partial charge on any atom is -0.493 e. The Morgan fingerprint density at radius 1 is 0.978 bits per heavy atom. The van der Waals surface area contributed by atoms with Gasteiger partial charge in [-0.25, -0.2) is 4.99 Å². The average Bonchev–Trinajstić information content (AvgIpc) is 3.66. The number of hydrogen-bond donors (Lipinski definition) is 0. The third-order valence-corrected chi connectivity index (χ3v) is 9.72. The number of rotatable bonds is 6. The molecule has 0 unspecified atom stereocenters. The monoisotopic (exact) mass is 634 g/mol. The molecule has 0 bridgehead atoms. The van der Waals surface area contributed by atoms with Crippen molar-refractivity contribution in [2.24, 2.45) is 4.99 Å². The number of benzene rings is 4. The smallest absolute Gasteiger partial charge is 0.271 e. The Morgan fingerprint density at radius 3 is 2.71 bits per heavy atom. The van der Waals surface area contributed by atoms with E-state index in [4.69, 9.17) is 35.5 Å². The quantitative estimate of drug-likeness (QED) is 0.220. The van der Waals surface area contributed by atoms with Gasteiger partial charge in [-0.3, -0.25) is 9.36 Å². The molecule has 0 saturated carbocycles. The Bertz CT molecular complexity index is 2200. The van der Waals surface area contributed by atoms with E-state index in [0.29, 0.717) is 38.2 Å². The van der Waals surface area contributed by atoms with E-state index in [9.17, 15) is 4.79 Å². The van der Waals surface area contributed by atoms with Crippen LogP contribution in [0.25, 0.3) is 11.8 Å². The van der Waals surface area contributed by atoms with E-state index in [-0.39, 0.29) is 18.4 Å². The van der Waals surface area contributed by atoms with Crippen molar-refractivity contribution in [1.29, 1.82) is 0 Å². The van der Waals surface area contributed by atoms with Gasteiger partial charge in [-0.1, -0.05) is 77.5 Å². The topological polar surface area (TPSA) is 71.3 Å². The molecule has 9 heteroatoms. The largest absolute Gasteiger partial charge is 0.493 e. The average molecular weight is 635 g/mol. The van der Waals surface area contributed by atoms with Crippen LogP contribution < -0.4 is 33.8 Å². The van der Waals surface area contributed by atoms with Crippen LogP contribution in [0, 0.1) is 0 Å². The summed E-state index contributed by atoms with van der Waals surface area (Å²) in [6.45, 7) is 0.560. The number of aryl methyl sites for hydroxylation is 1. The van der Waals surface area contributed by atoms with Crippen molar-refractivity contribution in [1.82, 2.24) is 4.57 Å². The first-order valence-corrected chi connectivity index (χ1v) is 15.8. The lowest BCUT2D eigenvalue weighted by atomic mass is 9.83. The van der Waals surface area contributed by atoms with Gasteiger partial charge in [-0.15, -0.1) is 0 Å². The molecule has 0 N–H and O–H groups in total. The third kappa shape index (κ3) is 4.90. The highest BCUT2D eigenvalue weighted by molar-refractivity contribution is 7.07. The van der Waals surface area contributed by atoms with Crippen molar-refractivity contribution >= 4 is 34.7 Å². The van der Waals surface area contributed by atoms with Gasteiger partial charge in [-0.2, -0.15) is 0 Å². The summed E-state index contributed by atoms with van der Waals surface area (Å²) in [6.07, 6.45) is 3.58. The number of fused-ring (bicyclic) bond motifs is 4. The molecule has 3 aliphatic rings. The summed E-state index contributed by atoms with van der Waals surface area (Å²) in [5, 5.41) is 0.630. The second kappa shape index (κ2) is 11.3. The molecule has 0 radical (unpaired) electrons. The molecule has 7 nitrogen and oxygen atoms in total. The van der Waals surface area contributed by atoms with Crippen LogP contribution in [0.4, 0.5) is 0 Å². The lowest BCUT2D eigenvalue weighted by molar-refractivity contribution is 0.174. The fraction of sp³-hybridized carbons (Fsp3) is 0.167. The van der Waals surface area contributed by atoms with Gasteiger partial charge in [0.05, 0.1) is 23.4 Å². The van der Waals surface area contributed by atoms with Crippen molar-refractivity contribution < 1.29 is 18.9 Å². The number of hydrogen-bond acceptors (Lipinski definition) is 7. The molecule has 45 heavy (non-hydrogen) atoms. The zero-order valence-corrected chi connectivity index (χ0v) is 25.9. The molecule has 4 aromatic carbocycles. The molecule has 0 fully saturated rings. The molecular weight excluding hydrogens is 608 g/mol. The van der Waals surface area contributed by atoms with Crippen LogP contribution in [0.5, 0.6) is 23.0 Å². The van der Waals surface area contributed by atoms with Crippen molar-refractivity contribution in [2.45, 2.75) is 25.5 Å². The summed E-state index contributed by atoms with van der Waals surface area (Å²) in [7, 11) is 1.60. The minimum absolute atomic E-state index is 0.101. The summed E-state index contributed by atoms with van der Waals surface area (Å²) >= 11 is 8.15. The van der Waals surface area contributed by atoms with E-state index < -0.39 is 0 Å². The molecule has 0 saturated heterocycles. The Balaban J connectivity index is 1.18. The lowest BCUT2D eigenvalue weighted by Gasteiger charge is -2.31. The highest BCUT2D eigenvalue weighted by Crippen LogP contribution is 2.42. The van der Waals surface area contributed by atoms with Crippen LogP contribution in [0.15, 0.2) is 100 Å². The molecule has 0 spiro atoms. The van der Waals surface area contributed by atoms with E-state index in [1.165, 1.54) is 16.9 Å². The molecule has 224 valence electrons. The first kappa shape index (κ1) is 27.7. The zero-order valence-electron chi connectivity index (χ0n) is 24.3. The SMILES string of the molecule is COc1cc(/C=c2\sc3n(c2=O)[C@@H](c2ccccc2Cl)C2=C(N=3)c3ccccc3CC2)ccc1OCc1ccc2c(c1)OCO2. The van der Waals surface area contributed by atoms with Crippen LogP contribution >= 0.6 is 22.9 Å². The fourth-order valence-corrected chi connectivity index (χ4v) is 7.47. The van der Waals surface area contributed by atoms with Gasteiger partial charge in [0.1, 0.15) is 6.61 Å². The number of ether oxygens (including phenoxy) is 4. The molecule has 8 rings (SSSR count). The van der Waals surface area contributed by atoms with Crippen molar-refractivity contribution in [3.05, 3.63) is 143 Å². The molecule has 0 amide bonds. The predicted octanol–water partition coefficient (Wildman–Crippen LogP) is 6.29. The van der Waals surface area contributed by atoms with E-state index in [1.54, 1.807) is 7.11 Å². The molecular formula is C36H27ClN2O5S. The zero-order chi connectivity index (χ0) is 30.5. The van der Waals surface area contributed by atoms with E-state index in [0.717, 1.165) is 52.1 Å². The predicted molar refractivity (Wildman–Crippen MR) is 174 cm³/mol. The molecule has 1 atom stereocenters. The van der Waals surface area contributed by atoms with Gasteiger partial charge >= 0.3 is 0 Å². The Morgan fingerprint density at radius 2 is 1.82 bits per heavy atom. The van der Waals surface area contributed by atoms with E-state index >= 15 is 0 Å². The highest BCUT2D eigenvalue weighted by atomic mass is 35.5. The molecule has 3 heterocycles. The van der Waals surface area contributed by atoms with E-state index in [1.807, 2.05) is 77.4 Å². The molecule has 5 aromatic rings.